The second-order valence-electron chi connectivity index (χ2n) is 13.1. The third-order valence-electron chi connectivity index (χ3n) is 10.3. The Bertz CT molecular complexity index is 1500. The van der Waals surface area contributed by atoms with Gasteiger partial charge in [-0.15, -0.1) is 0 Å². The lowest BCUT2D eigenvalue weighted by molar-refractivity contribution is -0.132. The van der Waals surface area contributed by atoms with Crippen molar-refractivity contribution >= 4 is 28.2 Å². The predicted molar refractivity (Wildman–Crippen MR) is 171 cm³/mol. The molecule has 0 spiro atoms. The molecule has 0 bridgehead atoms. The van der Waals surface area contributed by atoms with E-state index in [0.717, 1.165) is 76.5 Å². The number of nitrogens with zero attached hydrogens (tertiary/aromatic N) is 7. The van der Waals surface area contributed by atoms with Crippen molar-refractivity contribution in [3.8, 4) is 6.01 Å². The summed E-state index contributed by atoms with van der Waals surface area (Å²) in [6.45, 7) is 8.23. The van der Waals surface area contributed by atoms with E-state index in [9.17, 15) is 4.79 Å². The van der Waals surface area contributed by atoms with Gasteiger partial charge in [-0.2, -0.15) is 9.97 Å². The van der Waals surface area contributed by atoms with Gasteiger partial charge in [0.15, 0.2) is 0 Å². The van der Waals surface area contributed by atoms with Gasteiger partial charge in [-0.3, -0.25) is 9.69 Å². The van der Waals surface area contributed by atoms with E-state index in [-0.39, 0.29) is 18.0 Å². The number of fused-ring (bicyclic) bond motifs is 2. The second kappa shape index (κ2) is 11.6. The highest BCUT2D eigenvalue weighted by molar-refractivity contribution is 5.97. The first kappa shape index (κ1) is 28.3. The maximum Gasteiger partial charge on any atom is 0.318 e. The number of benzene rings is 2. The first-order chi connectivity index (χ1) is 20.9. The van der Waals surface area contributed by atoms with Crippen LogP contribution in [0.15, 0.2) is 36.4 Å². The first-order valence-electron chi connectivity index (χ1n) is 16.1. The van der Waals surface area contributed by atoms with Gasteiger partial charge in [-0.1, -0.05) is 30.3 Å². The van der Waals surface area contributed by atoms with Crippen LogP contribution in [0.5, 0.6) is 6.01 Å². The first-order valence-corrected chi connectivity index (χ1v) is 16.1. The molecule has 0 saturated carbocycles. The fourth-order valence-electron chi connectivity index (χ4n) is 7.42. The minimum atomic E-state index is 0.0731. The Morgan fingerprint density at radius 1 is 0.977 bits per heavy atom. The Morgan fingerprint density at radius 3 is 2.47 bits per heavy atom. The molecule has 0 radical (unpaired) electrons. The third-order valence-corrected chi connectivity index (χ3v) is 10.3. The standard InChI is InChI=1S/C34H45N7O2/c1-23-8-5-9-24-10-6-12-29(31(23)24)41-19-15-27-28(20-41)35-34(43-22-26-11-7-16-37(26)2)36-32(27)40-17-13-25(14-18-40)39(4)33(42)30-21-38(30)3/h5-6,8-10,12,25-26,30H,7,11,13-22H2,1-4H3/t26-,30?,38?/m0/s1. The second-order valence-corrected chi connectivity index (χ2v) is 13.1. The minimum absolute atomic E-state index is 0.0731. The summed E-state index contributed by atoms with van der Waals surface area (Å²) in [4.78, 5) is 34.4. The monoisotopic (exact) mass is 583 g/mol. The van der Waals surface area contributed by atoms with E-state index in [0.29, 0.717) is 18.7 Å². The molecule has 3 saturated heterocycles. The number of rotatable bonds is 7. The molecule has 7 rings (SSSR count). The Kier molecular flexibility index (Phi) is 7.63. The summed E-state index contributed by atoms with van der Waals surface area (Å²) >= 11 is 0. The van der Waals surface area contributed by atoms with Gasteiger partial charge < -0.3 is 24.3 Å². The maximum absolute atomic E-state index is 12.9. The lowest BCUT2D eigenvalue weighted by Gasteiger charge is -2.39. The molecule has 4 aliphatic heterocycles. The minimum Gasteiger partial charge on any atom is -0.462 e. The quantitative estimate of drug-likeness (QED) is 0.390. The van der Waals surface area contributed by atoms with Crippen molar-refractivity contribution in [3.63, 3.8) is 0 Å². The average Bonchev–Trinajstić information content (AvgIpc) is 3.62. The zero-order valence-corrected chi connectivity index (χ0v) is 26.1. The average molecular weight is 584 g/mol. The summed E-state index contributed by atoms with van der Waals surface area (Å²) < 4.78 is 6.36. The molecule has 228 valence electrons. The van der Waals surface area contributed by atoms with Gasteiger partial charge in [0.05, 0.1) is 12.2 Å². The Labute approximate surface area is 255 Å². The highest BCUT2D eigenvalue weighted by Gasteiger charge is 2.41. The molecule has 5 heterocycles. The molecule has 2 aromatic carbocycles. The zero-order valence-electron chi connectivity index (χ0n) is 26.1. The lowest BCUT2D eigenvalue weighted by Crippen LogP contribution is -2.48. The summed E-state index contributed by atoms with van der Waals surface area (Å²) in [5.41, 5.74) is 4.89. The van der Waals surface area contributed by atoms with Crippen molar-refractivity contribution in [1.29, 1.82) is 0 Å². The highest BCUT2D eigenvalue weighted by atomic mass is 16.5. The molecule has 0 aliphatic carbocycles. The lowest BCUT2D eigenvalue weighted by atomic mass is 9.98. The smallest absolute Gasteiger partial charge is 0.318 e. The summed E-state index contributed by atoms with van der Waals surface area (Å²) in [7, 11) is 6.18. The number of ether oxygens (including phenoxy) is 1. The number of anilines is 2. The molecule has 0 N–H and O–H groups in total. The molecule has 1 aromatic heterocycles. The maximum atomic E-state index is 12.9. The molecule has 9 heteroatoms. The fourth-order valence-corrected chi connectivity index (χ4v) is 7.42. The van der Waals surface area contributed by atoms with E-state index in [4.69, 9.17) is 14.7 Å². The predicted octanol–water partition coefficient (Wildman–Crippen LogP) is 3.72. The topological polar surface area (TPSA) is 68.1 Å². The molecule has 3 aromatic rings. The summed E-state index contributed by atoms with van der Waals surface area (Å²) in [5.74, 6) is 1.29. The molecule has 3 atom stereocenters. The van der Waals surface area contributed by atoms with Gasteiger partial charge in [0.25, 0.3) is 0 Å². The number of amides is 1. The number of carbonyl (C=O) groups is 1. The van der Waals surface area contributed by atoms with Crippen molar-refractivity contribution in [2.75, 3.05) is 70.3 Å². The Hall–Kier alpha value is -3.43. The van der Waals surface area contributed by atoms with Crippen molar-refractivity contribution in [2.24, 2.45) is 0 Å². The highest BCUT2D eigenvalue weighted by Crippen LogP contribution is 2.36. The van der Waals surface area contributed by atoms with Gasteiger partial charge in [0, 0.05) is 61.9 Å². The van der Waals surface area contributed by atoms with E-state index in [1.54, 1.807) is 0 Å². The molecule has 9 nitrogen and oxygen atoms in total. The van der Waals surface area contributed by atoms with Gasteiger partial charge >= 0.3 is 6.01 Å². The number of likely N-dealkylation sites (tertiary alicyclic amines) is 1. The summed E-state index contributed by atoms with van der Waals surface area (Å²) in [5, 5.41) is 2.60. The van der Waals surface area contributed by atoms with Crippen LogP contribution in [0.3, 0.4) is 0 Å². The van der Waals surface area contributed by atoms with Crippen LogP contribution >= 0.6 is 0 Å². The summed E-state index contributed by atoms with van der Waals surface area (Å²) in [6, 6.07) is 14.4. The van der Waals surface area contributed by atoms with Gasteiger partial charge in [0.1, 0.15) is 18.5 Å². The van der Waals surface area contributed by atoms with Gasteiger partial charge in [-0.05, 0) is 76.7 Å². The van der Waals surface area contributed by atoms with Gasteiger partial charge in [-0.25, -0.2) is 0 Å². The molecule has 2 unspecified atom stereocenters. The van der Waals surface area contributed by atoms with E-state index >= 15 is 0 Å². The zero-order chi connectivity index (χ0) is 29.7. The molecular weight excluding hydrogens is 538 g/mol. The number of hydrogen-bond donors (Lipinski definition) is 0. The molecule has 43 heavy (non-hydrogen) atoms. The molecular formula is C34H45N7O2. The number of likely N-dealkylation sites (N-methyl/N-ethyl adjacent to an activating group) is 3. The van der Waals surface area contributed by atoms with Crippen LogP contribution in [-0.4, -0.2) is 109 Å². The van der Waals surface area contributed by atoms with Crippen LogP contribution in [0.2, 0.25) is 0 Å². The molecule has 1 amide bonds. The number of hydrogen-bond acceptors (Lipinski definition) is 8. The Morgan fingerprint density at radius 2 is 1.74 bits per heavy atom. The van der Waals surface area contributed by atoms with E-state index in [1.807, 2.05) is 19.0 Å². The molecule has 3 fully saturated rings. The van der Waals surface area contributed by atoms with Crippen molar-refractivity contribution in [2.45, 2.75) is 63.7 Å². The summed E-state index contributed by atoms with van der Waals surface area (Å²) in [6.07, 6.45) is 5.15. The third kappa shape index (κ3) is 5.53. The largest absolute Gasteiger partial charge is 0.462 e. The van der Waals surface area contributed by atoms with Crippen LogP contribution in [0.1, 0.15) is 42.5 Å². The van der Waals surface area contributed by atoms with Crippen LogP contribution in [0, 0.1) is 6.92 Å². The van der Waals surface area contributed by atoms with Crippen LogP contribution in [-0.2, 0) is 17.8 Å². The van der Waals surface area contributed by atoms with E-state index < -0.39 is 0 Å². The fraction of sp³-hybridized carbons (Fsp3) is 0.559. The molecule has 4 aliphatic rings. The van der Waals surface area contributed by atoms with Crippen molar-refractivity contribution < 1.29 is 9.53 Å². The Balaban J connectivity index is 1.15. The van der Waals surface area contributed by atoms with Crippen molar-refractivity contribution in [1.82, 2.24) is 24.7 Å². The van der Waals surface area contributed by atoms with Crippen molar-refractivity contribution in [3.05, 3.63) is 53.2 Å². The van der Waals surface area contributed by atoms with E-state index in [1.165, 1.54) is 34.0 Å². The van der Waals surface area contributed by atoms with Crippen LogP contribution in [0.4, 0.5) is 11.5 Å². The van der Waals surface area contributed by atoms with E-state index in [2.05, 4.69) is 70.0 Å². The SMILES string of the molecule is Cc1cccc2cccc(N3CCc4c(nc(OC[C@@H]5CCCN5C)nc4N4CCC(N(C)C(=O)C5CN5C)CC4)C3)c12. The van der Waals surface area contributed by atoms with Crippen LogP contribution < -0.4 is 14.5 Å². The number of aryl methyl sites for hydroxylation is 1. The number of carbonyl (C=O) groups excluding carboxylic acids is 1. The normalized spacial score (nSPS) is 24.3. The number of aromatic nitrogens is 2. The van der Waals surface area contributed by atoms with Gasteiger partial charge in [0.2, 0.25) is 5.91 Å². The number of piperidine rings is 1. The van der Waals surface area contributed by atoms with Crippen LogP contribution in [0.25, 0.3) is 10.8 Å².